The van der Waals surface area contributed by atoms with Gasteiger partial charge in [0.15, 0.2) is 0 Å². The van der Waals surface area contributed by atoms with Crippen LogP contribution in [0.5, 0.6) is 5.75 Å². The van der Waals surface area contributed by atoms with Gasteiger partial charge in [0.25, 0.3) is 5.56 Å². The van der Waals surface area contributed by atoms with Crippen LogP contribution >= 0.6 is 0 Å². The summed E-state index contributed by atoms with van der Waals surface area (Å²) in [6, 6.07) is 15.5. The Morgan fingerprint density at radius 2 is 1.78 bits per heavy atom. The summed E-state index contributed by atoms with van der Waals surface area (Å²) in [5.41, 5.74) is 1.19. The molecule has 2 aromatic carbocycles. The average molecular weight is 436 g/mol. The summed E-state index contributed by atoms with van der Waals surface area (Å²) in [5.74, 6) is 0.623. The van der Waals surface area contributed by atoms with Gasteiger partial charge in [-0.2, -0.15) is 13.2 Å². The summed E-state index contributed by atoms with van der Waals surface area (Å²) in [6.45, 7) is 1.82. The van der Waals surface area contributed by atoms with Gasteiger partial charge < -0.3 is 4.74 Å². The number of methoxy groups -OCH3 is 1. The highest BCUT2D eigenvalue weighted by Crippen LogP contribution is 2.32. The van der Waals surface area contributed by atoms with E-state index in [-0.39, 0.29) is 16.8 Å². The molecule has 0 N–H and O–H groups in total. The van der Waals surface area contributed by atoms with Crippen LogP contribution in [0, 0.1) is 6.92 Å². The second kappa shape index (κ2) is 8.34. The second-order valence-corrected chi connectivity index (χ2v) is 7.22. The normalized spacial score (nSPS) is 11.9. The molecule has 0 aliphatic rings. The van der Waals surface area contributed by atoms with E-state index in [1.165, 1.54) is 16.5 Å². The Labute approximate surface area is 182 Å². The third-order valence-corrected chi connectivity index (χ3v) is 5.12. The molecule has 0 aliphatic carbocycles. The molecule has 32 heavy (non-hydrogen) atoms. The quantitative estimate of drug-likeness (QED) is 0.402. The lowest BCUT2D eigenvalue weighted by Crippen LogP contribution is -2.19. The number of hydrogen-bond acceptors (Lipinski definition) is 3. The van der Waals surface area contributed by atoms with Crippen molar-refractivity contribution in [2.24, 2.45) is 0 Å². The molecule has 4 aromatic rings. The number of nitrogens with zero attached hydrogens (tertiary/aromatic N) is 2. The Kier molecular flexibility index (Phi) is 5.57. The minimum absolute atomic E-state index is 0.0883. The number of alkyl halides is 3. The molecule has 0 aliphatic heterocycles. The zero-order valence-electron chi connectivity index (χ0n) is 17.4. The van der Waals surface area contributed by atoms with Crippen molar-refractivity contribution in [1.29, 1.82) is 0 Å². The molecule has 4 rings (SSSR count). The topological polar surface area (TPSA) is 43.6 Å². The van der Waals surface area contributed by atoms with Crippen LogP contribution < -0.4 is 10.3 Å². The molecular weight excluding hydrogens is 417 g/mol. The Morgan fingerprint density at radius 3 is 2.53 bits per heavy atom. The fraction of sp³-hybridized carbons (Fsp3) is 0.120. The first kappa shape index (κ1) is 21.4. The van der Waals surface area contributed by atoms with Crippen LogP contribution in [-0.4, -0.2) is 16.5 Å². The van der Waals surface area contributed by atoms with Crippen LogP contribution in [0.15, 0.2) is 71.7 Å². The first-order valence-electron chi connectivity index (χ1n) is 9.80. The maximum atomic E-state index is 13.4. The van der Waals surface area contributed by atoms with Crippen molar-refractivity contribution in [2.75, 3.05) is 7.11 Å². The van der Waals surface area contributed by atoms with Gasteiger partial charge in [-0.15, -0.1) is 0 Å². The van der Waals surface area contributed by atoms with Crippen LogP contribution in [0.3, 0.4) is 0 Å². The Morgan fingerprint density at radius 1 is 1.00 bits per heavy atom. The predicted molar refractivity (Wildman–Crippen MR) is 119 cm³/mol. The molecule has 0 unspecified atom stereocenters. The number of pyridine rings is 1. The SMILES string of the molecule is COc1ccccc1C=Cc1nc2c(C)cccn2c(=O)c1-c1cccc(C(F)(F)F)c1. The van der Waals surface area contributed by atoms with Crippen LogP contribution in [-0.2, 0) is 6.18 Å². The first-order chi connectivity index (χ1) is 15.3. The number of benzene rings is 2. The summed E-state index contributed by atoms with van der Waals surface area (Å²) in [4.78, 5) is 18.0. The number of rotatable bonds is 4. The van der Waals surface area contributed by atoms with Gasteiger partial charge in [-0.1, -0.05) is 36.4 Å². The molecular formula is C25H19F3N2O2. The van der Waals surface area contributed by atoms with Gasteiger partial charge in [-0.25, -0.2) is 4.98 Å². The molecule has 0 spiro atoms. The Balaban J connectivity index is 1.99. The third-order valence-electron chi connectivity index (χ3n) is 5.12. The highest BCUT2D eigenvalue weighted by Gasteiger charge is 2.31. The van der Waals surface area contributed by atoms with E-state index in [0.717, 1.165) is 23.3 Å². The lowest BCUT2D eigenvalue weighted by atomic mass is 10.0. The molecule has 2 aromatic heterocycles. The number of fused-ring (bicyclic) bond motifs is 1. The molecule has 4 nitrogen and oxygen atoms in total. The molecule has 162 valence electrons. The minimum Gasteiger partial charge on any atom is -0.496 e. The summed E-state index contributed by atoms with van der Waals surface area (Å²) >= 11 is 0. The summed E-state index contributed by atoms with van der Waals surface area (Å²) in [7, 11) is 1.55. The first-order valence-corrected chi connectivity index (χ1v) is 9.80. The van der Waals surface area contributed by atoms with E-state index in [9.17, 15) is 18.0 Å². The van der Waals surface area contributed by atoms with Gasteiger partial charge in [0.1, 0.15) is 11.4 Å². The lowest BCUT2D eigenvalue weighted by Gasteiger charge is -2.12. The van der Waals surface area contributed by atoms with Crippen molar-refractivity contribution in [3.05, 3.63) is 99.6 Å². The smallest absolute Gasteiger partial charge is 0.416 e. The molecule has 0 fully saturated rings. The van der Waals surface area contributed by atoms with Crippen LogP contribution in [0.1, 0.15) is 22.4 Å². The standard InChI is InChI=1S/C25H19F3N2O2/c1-16-7-6-14-30-23(16)29-20(13-12-17-8-3-4-11-21(17)32-2)22(24(30)31)18-9-5-10-19(15-18)25(26,27)28/h3-15H,1-2H3. The van der Waals surface area contributed by atoms with Crippen LogP contribution in [0.25, 0.3) is 28.9 Å². The van der Waals surface area contributed by atoms with Gasteiger partial charge >= 0.3 is 6.18 Å². The number of para-hydroxylation sites is 1. The zero-order chi connectivity index (χ0) is 22.9. The molecule has 0 atom stereocenters. The number of hydrogen-bond donors (Lipinski definition) is 0. The average Bonchev–Trinajstić information content (AvgIpc) is 2.78. The molecule has 7 heteroatoms. The maximum absolute atomic E-state index is 13.4. The van der Waals surface area contributed by atoms with Gasteiger partial charge in [-0.05, 0) is 54.5 Å². The van der Waals surface area contributed by atoms with E-state index < -0.39 is 17.3 Å². The van der Waals surface area contributed by atoms with Gasteiger partial charge in [0.05, 0.1) is 23.9 Å². The van der Waals surface area contributed by atoms with Crippen molar-refractivity contribution in [2.45, 2.75) is 13.1 Å². The molecule has 2 heterocycles. The van der Waals surface area contributed by atoms with Crippen molar-refractivity contribution in [3.63, 3.8) is 0 Å². The van der Waals surface area contributed by atoms with E-state index in [2.05, 4.69) is 4.98 Å². The molecule has 0 radical (unpaired) electrons. The highest BCUT2D eigenvalue weighted by molar-refractivity contribution is 5.81. The molecule has 0 saturated carbocycles. The fourth-order valence-corrected chi connectivity index (χ4v) is 3.53. The van der Waals surface area contributed by atoms with E-state index in [1.54, 1.807) is 37.6 Å². The summed E-state index contributed by atoms with van der Waals surface area (Å²) in [6.07, 6.45) is 0.386. The summed E-state index contributed by atoms with van der Waals surface area (Å²) < 4.78 is 46.7. The minimum atomic E-state index is -4.53. The monoisotopic (exact) mass is 436 g/mol. The van der Waals surface area contributed by atoms with Crippen molar-refractivity contribution < 1.29 is 17.9 Å². The van der Waals surface area contributed by atoms with Crippen molar-refractivity contribution >= 4 is 17.8 Å². The van der Waals surface area contributed by atoms with E-state index in [4.69, 9.17) is 4.74 Å². The molecule has 0 bridgehead atoms. The van der Waals surface area contributed by atoms with Crippen LogP contribution in [0.4, 0.5) is 13.2 Å². The zero-order valence-corrected chi connectivity index (χ0v) is 17.4. The number of ether oxygens (including phenoxy) is 1. The number of halogens is 3. The molecule has 0 amide bonds. The van der Waals surface area contributed by atoms with Crippen molar-refractivity contribution in [3.8, 4) is 16.9 Å². The molecule has 0 saturated heterocycles. The van der Waals surface area contributed by atoms with E-state index in [1.807, 2.05) is 31.2 Å². The lowest BCUT2D eigenvalue weighted by molar-refractivity contribution is -0.137. The second-order valence-electron chi connectivity index (χ2n) is 7.22. The van der Waals surface area contributed by atoms with Gasteiger partial charge in [0.2, 0.25) is 0 Å². The third kappa shape index (κ3) is 4.01. The maximum Gasteiger partial charge on any atom is 0.416 e. The van der Waals surface area contributed by atoms with Crippen molar-refractivity contribution in [1.82, 2.24) is 9.38 Å². The van der Waals surface area contributed by atoms with Gasteiger partial charge in [0, 0.05) is 11.8 Å². The predicted octanol–water partition coefficient (Wildman–Crippen LogP) is 5.87. The summed E-state index contributed by atoms with van der Waals surface area (Å²) in [5, 5.41) is 0. The van der Waals surface area contributed by atoms with Gasteiger partial charge in [-0.3, -0.25) is 9.20 Å². The Bertz CT molecular complexity index is 1390. The highest BCUT2D eigenvalue weighted by atomic mass is 19.4. The van der Waals surface area contributed by atoms with E-state index in [0.29, 0.717) is 11.4 Å². The largest absolute Gasteiger partial charge is 0.496 e. The van der Waals surface area contributed by atoms with E-state index >= 15 is 0 Å². The number of aryl methyl sites for hydroxylation is 1. The number of aromatic nitrogens is 2. The Hall–Kier alpha value is -3.87. The fourth-order valence-electron chi connectivity index (χ4n) is 3.53. The van der Waals surface area contributed by atoms with Crippen LogP contribution in [0.2, 0.25) is 0 Å².